The van der Waals surface area contributed by atoms with Gasteiger partial charge < -0.3 is 10.6 Å². The second-order valence-corrected chi connectivity index (χ2v) is 5.95. The predicted octanol–water partition coefficient (Wildman–Crippen LogP) is 2.62. The van der Waals surface area contributed by atoms with Gasteiger partial charge in [0.25, 0.3) is 0 Å². The van der Waals surface area contributed by atoms with Crippen LogP contribution in [-0.4, -0.2) is 22.3 Å². The molecule has 1 aromatic carbocycles. The number of aliphatic imine (C=N–C) groups is 1. The first-order valence-corrected chi connectivity index (χ1v) is 7.77. The van der Waals surface area contributed by atoms with E-state index < -0.39 is 0 Å². The Morgan fingerprint density at radius 3 is 2.86 bits per heavy atom. The van der Waals surface area contributed by atoms with Crippen molar-refractivity contribution < 1.29 is 0 Å². The maximum absolute atomic E-state index is 6.13. The van der Waals surface area contributed by atoms with E-state index in [1.54, 1.807) is 0 Å². The van der Waals surface area contributed by atoms with E-state index in [0.717, 1.165) is 22.3 Å². The van der Waals surface area contributed by atoms with E-state index >= 15 is 0 Å². The summed E-state index contributed by atoms with van der Waals surface area (Å²) in [5, 5.41) is 4.54. The minimum absolute atomic E-state index is 0.104. The molecule has 1 unspecified atom stereocenters. The lowest BCUT2D eigenvalue weighted by molar-refractivity contribution is 0.746. The highest BCUT2D eigenvalue weighted by atomic mass is 79.9. The summed E-state index contributed by atoms with van der Waals surface area (Å²) in [6.07, 6.45) is 2.97. The Hall–Kier alpha value is -1.82. The van der Waals surface area contributed by atoms with Gasteiger partial charge in [-0.25, -0.2) is 0 Å². The fraction of sp³-hybridized carbons (Fsp3) is 0.333. The van der Waals surface area contributed by atoms with E-state index in [0.29, 0.717) is 12.5 Å². The monoisotopic (exact) mass is 347 g/mol. The number of anilines is 1. The summed E-state index contributed by atoms with van der Waals surface area (Å²) in [5.74, 6) is 0.554. The number of para-hydroxylation sites is 1. The van der Waals surface area contributed by atoms with E-state index in [9.17, 15) is 0 Å². The van der Waals surface area contributed by atoms with Crippen molar-refractivity contribution in [2.24, 2.45) is 17.8 Å². The SMILES string of the molecule is CCc1nn(C)cc1C1CN=C(N)N1c1ccccc1Br. The molecule has 2 heterocycles. The zero-order valence-corrected chi connectivity index (χ0v) is 13.7. The first-order valence-electron chi connectivity index (χ1n) is 6.98. The zero-order chi connectivity index (χ0) is 15.0. The lowest BCUT2D eigenvalue weighted by atomic mass is 10.1. The Morgan fingerprint density at radius 1 is 1.38 bits per heavy atom. The van der Waals surface area contributed by atoms with Crippen LogP contribution in [0.5, 0.6) is 0 Å². The summed E-state index contributed by atoms with van der Waals surface area (Å²) < 4.78 is 2.87. The molecule has 1 aliphatic heterocycles. The number of aryl methyl sites for hydroxylation is 2. The van der Waals surface area contributed by atoms with E-state index in [1.807, 2.05) is 36.0 Å². The van der Waals surface area contributed by atoms with E-state index in [1.165, 1.54) is 5.56 Å². The predicted molar refractivity (Wildman–Crippen MR) is 88.4 cm³/mol. The maximum atomic E-state index is 6.13. The summed E-state index contributed by atoms with van der Waals surface area (Å²) in [7, 11) is 1.95. The molecule has 6 heteroatoms. The molecule has 0 radical (unpaired) electrons. The molecule has 1 atom stereocenters. The number of halogens is 1. The zero-order valence-electron chi connectivity index (χ0n) is 12.1. The van der Waals surface area contributed by atoms with Crippen LogP contribution in [0.15, 0.2) is 39.9 Å². The van der Waals surface area contributed by atoms with Crippen LogP contribution in [-0.2, 0) is 13.5 Å². The van der Waals surface area contributed by atoms with Crippen molar-refractivity contribution in [1.82, 2.24) is 9.78 Å². The van der Waals surface area contributed by atoms with Gasteiger partial charge in [-0.15, -0.1) is 0 Å². The minimum atomic E-state index is 0.104. The first kappa shape index (κ1) is 14.1. The third-order valence-corrected chi connectivity index (χ3v) is 4.40. The molecule has 2 aromatic rings. The topological polar surface area (TPSA) is 59.4 Å². The van der Waals surface area contributed by atoms with Crippen LogP contribution in [0, 0.1) is 0 Å². The van der Waals surface area contributed by atoms with Crippen molar-refractivity contribution in [2.75, 3.05) is 11.4 Å². The van der Waals surface area contributed by atoms with Gasteiger partial charge in [-0.3, -0.25) is 9.67 Å². The molecular formula is C15H18BrN5. The van der Waals surface area contributed by atoms with Gasteiger partial charge >= 0.3 is 0 Å². The highest BCUT2D eigenvalue weighted by molar-refractivity contribution is 9.10. The van der Waals surface area contributed by atoms with Crippen molar-refractivity contribution in [1.29, 1.82) is 0 Å². The molecule has 0 bridgehead atoms. The van der Waals surface area contributed by atoms with Crippen LogP contribution in [0.25, 0.3) is 0 Å². The number of hydrogen-bond donors (Lipinski definition) is 1. The minimum Gasteiger partial charge on any atom is -0.369 e. The number of nitrogens with two attached hydrogens (primary N) is 1. The second-order valence-electron chi connectivity index (χ2n) is 5.09. The fourth-order valence-electron chi connectivity index (χ4n) is 2.78. The second kappa shape index (κ2) is 5.52. The standard InChI is InChI=1S/C15H18BrN5/c1-3-12-10(9-20(2)19-12)14-8-18-15(17)21(14)13-7-5-4-6-11(13)16/h4-7,9,14H,3,8H2,1-2H3,(H2,17,18). The third-order valence-electron chi connectivity index (χ3n) is 3.73. The highest BCUT2D eigenvalue weighted by Gasteiger charge is 2.32. The normalized spacial score (nSPS) is 18.1. The summed E-state index contributed by atoms with van der Waals surface area (Å²) in [4.78, 5) is 6.52. The van der Waals surface area contributed by atoms with E-state index in [2.05, 4.69) is 44.0 Å². The summed E-state index contributed by atoms with van der Waals surface area (Å²) in [5.41, 5.74) is 9.46. The molecule has 0 saturated carbocycles. The lowest BCUT2D eigenvalue weighted by Crippen LogP contribution is -2.36. The first-order chi connectivity index (χ1) is 10.1. The maximum Gasteiger partial charge on any atom is 0.196 e. The molecule has 0 aliphatic carbocycles. The molecule has 0 amide bonds. The molecule has 21 heavy (non-hydrogen) atoms. The van der Waals surface area contributed by atoms with Crippen LogP contribution in [0.2, 0.25) is 0 Å². The van der Waals surface area contributed by atoms with Crippen LogP contribution in [0.4, 0.5) is 5.69 Å². The summed E-state index contributed by atoms with van der Waals surface area (Å²) in [6.45, 7) is 2.78. The van der Waals surface area contributed by atoms with Gasteiger partial charge in [-0.2, -0.15) is 5.10 Å². The highest BCUT2D eigenvalue weighted by Crippen LogP contribution is 2.36. The van der Waals surface area contributed by atoms with Crippen LogP contribution in [0.1, 0.15) is 24.2 Å². The Balaban J connectivity index is 2.05. The van der Waals surface area contributed by atoms with Gasteiger partial charge in [0, 0.05) is 23.3 Å². The van der Waals surface area contributed by atoms with Crippen molar-refractivity contribution in [3.8, 4) is 0 Å². The molecule has 0 fully saturated rings. The summed E-state index contributed by atoms with van der Waals surface area (Å²) >= 11 is 3.60. The summed E-state index contributed by atoms with van der Waals surface area (Å²) in [6, 6.07) is 8.17. The number of rotatable bonds is 3. The lowest BCUT2D eigenvalue weighted by Gasteiger charge is -2.27. The van der Waals surface area contributed by atoms with Gasteiger partial charge in [-0.1, -0.05) is 19.1 Å². The molecule has 3 rings (SSSR count). The van der Waals surface area contributed by atoms with Crippen molar-refractivity contribution >= 4 is 27.6 Å². The largest absolute Gasteiger partial charge is 0.369 e. The molecule has 110 valence electrons. The quantitative estimate of drug-likeness (QED) is 0.928. The number of nitrogens with zero attached hydrogens (tertiary/aromatic N) is 4. The molecule has 5 nitrogen and oxygen atoms in total. The molecule has 2 N–H and O–H groups in total. The molecule has 0 spiro atoms. The number of aromatic nitrogens is 2. The van der Waals surface area contributed by atoms with Crippen molar-refractivity contribution in [3.05, 3.63) is 46.2 Å². The average molecular weight is 348 g/mol. The average Bonchev–Trinajstić information content (AvgIpc) is 3.02. The van der Waals surface area contributed by atoms with E-state index in [-0.39, 0.29) is 6.04 Å². The van der Waals surface area contributed by atoms with Crippen LogP contribution in [0.3, 0.4) is 0 Å². The Bertz CT molecular complexity index is 691. The van der Waals surface area contributed by atoms with Gasteiger partial charge in [0.05, 0.1) is 24.0 Å². The molecule has 1 aromatic heterocycles. The van der Waals surface area contributed by atoms with Crippen molar-refractivity contribution in [2.45, 2.75) is 19.4 Å². The Kier molecular flexibility index (Phi) is 3.71. The Morgan fingerprint density at radius 2 is 2.14 bits per heavy atom. The van der Waals surface area contributed by atoms with Gasteiger partial charge in [-0.05, 0) is 34.5 Å². The van der Waals surface area contributed by atoms with Gasteiger partial charge in [0.15, 0.2) is 5.96 Å². The van der Waals surface area contributed by atoms with Gasteiger partial charge in [0.2, 0.25) is 0 Å². The Labute approximate surface area is 132 Å². The number of benzene rings is 1. The number of hydrogen-bond acceptors (Lipinski definition) is 4. The van der Waals surface area contributed by atoms with Crippen molar-refractivity contribution in [3.63, 3.8) is 0 Å². The molecule has 1 aliphatic rings. The molecule has 0 saturated heterocycles. The van der Waals surface area contributed by atoms with E-state index in [4.69, 9.17) is 5.73 Å². The third kappa shape index (κ3) is 2.44. The smallest absolute Gasteiger partial charge is 0.196 e. The fourth-order valence-corrected chi connectivity index (χ4v) is 3.26. The number of guanidine groups is 1. The van der Waals surface area contributed by atoms with Gasteiger partial charge in [0.1, 0.15) is 0 Å². The molecular weight excluding hydrogens is 330 g/mol. The van der Waals surface area contributed by atoms with Crippen LogP contribution < -0.4 is 10.6 Å². The van der Waals surface area contributed by atoms with Crippen LogP contribution >= 0.6 is 15.9 Å².